The number of aromatic nitrogens is 5. The van der Waals surface area contributed by atoms with E-state index in [2.05, 4.69) is 56.9 Å². The van der Waals surface area contributed by atoms with Crippen molar-refractivity contribution in [3.63, 3.8) is 0 Å². The van der Waals surface area contributed by atoms with Gasteiger partial charge in [0.25, 0.3) is 0 Å². The largest absolute Gasteiger partial charge is 0.381 e. The van der Waals surface area contributed by atoms with Gasteiger partial charge in [0.15, 0.2) is 0 Å². The Morgan fingerprint density at radius 3 is 2.82 bits per heavy atom. The maximum atomic E-state index is 12.2. The zero-order chi connectivity index (χ0) is 23.2. The molecule has 1 amide bonds. The minimum atomic E-state index is 0.107. The second kappa shape index (κ2) is 8.77. The fourth-order valence-corrected chi connectivity index (χ4v) is 5.55. The molecule has 0 aliphatic carbocycles. The van der Waals surface area contributed by atoms with Gasteiger partial charge in [-0.15, -0.1) is 0 Å². The van der Waals surface area contributed by atoms with Crippen LogP contribution in [0.4, 0.5) is 0 Å². The van der Waals surface area contributed by atoms with Crippen LogP contribution in [0, 0.1) is 0 Å². The molecule has 6 rings (SSSR count). The predicted octanol–water partition coefficient (Wildman–Crippen LogP) is 4.42. The van der Waals surface area contributed by atoms with Gasteiger partial charge in [-0.3, -0.25) is 14.5 Å². The van der Waals surface area contributed by atoms with Crippen molar-refractivity contribution < 1.29 is 9.53 Å². The Morgan fingerprint density at radius 1 is 1.21 bits per heavy atom. The summed E-state index contributed by atoms with van der Waals surface area (Å²) < 4.78 is 9.59. The maximum absolute atomic E-state index is 12.2. The summed E-state index contributed by atoms with van der Waals surface area (Å²) in [4.78, 5) is 18.9. The van der Waals surface area contributed by atoms with E-state index in [1.54, 1.807) is 9.82 Å². The highest BCUT2D eigenvalue weighted by atomic mass is 127. The van der Waals surface area contributed by atoms with Crippen LogP contribution in [0.3, 0.4) is 0 Å². The van der Waals surface area contributed by atoms with Crippen molar-refractivity contribution in [2.24, 2.45) is 0 Å². The highest BCUT2D eigenvalue weighted by Gasteiger charge is 2.30. The summed E-state index contributed by atoms with van der Waals surface area (Å²) in [5.74, 6) is 0.107. The van der Waals surface area contributed by atoms with Gasteiger partial charge in [0.1, 0.15) is 0 Å². The van der Waals surface area contributed by atoms with Crippen LogP contribution in [0.2, 0.25) is 0 Å². The monoisotopic (exact) mass is 568 g/mol. The molecule has 1 fully saturated rings. The summed E-state index contributed by atoms with van der Waals surface area (Å²) in [5.41, 5.74) is 6.33. The minimum absolute atomic E-state index is 0.107. The number of hydrogen-bond donors (Lipinski definition) is 0. The molecule has 0 radical (unpaired) electrons. The van der Waals surface area contributed by atoms with Crippen molar-refractivity contribution in [3.05, 3.63) is 54.1 Å². The van der Waals surface area contributed by atoms with E-state index in [1.165, 1.54) is 5.69 Å². The lowest BCUT2D eigenvalue weighted by Gasteiger charge is -2.29. The van der Waals surface area contributed by atoms with Crippen LogP contribution in [0.5, 0.6) is 0 Å². The number of fused-ring (bicyclic) bond motifs is 2. The highest BCUT2D eigenvalue weighted by molar-refractivity contribution is 14.1. The molecule has 0 unspecified atom stereocenters. The van der Waals surface area contributed by atoms with Crippen LogP contribution in [-0.2, 0) is 22.5 Å². The molecule has 0 N–H and O–H groups in total. The second-order valence-corrected chi connectivity index (χ2v) is 9.96. The second-order valence-electron chi connectivity index (χ2n) is 8.97. The zero-order valence-electron chi connectivity index (χ0n) is 18.9. The first-order chi connectivity index (χ1) is 16.6. The van der Waals surface area contributed by atoms with Crippen LogP contribution in [-0.4, -0.2) is 53.3 Å². The van der Waals surface area contributed by atoms with Gasteiger partial charge in [0.2, 0.25) is 5.91 Å². The Kier molecular flexibility index (Phi) is 5.60. The number of carbonyl (C=O) groups is 1. The summed E-state index contributed by atoms with van der Waals surface area (Å²) in [6.45, 7) is 4.52. The number of ether oxygens (including phenoxy) is 1. The number of benzene rings is 1. The molecule has 8 nitrogen and oxygen atoms in total. The van der Waals surface area contributed by atoms with Crippen molar-refractivity contribution in [2.75, 3.05) is 19.8 Å². The topological polar surface area (TPSA) is 78.1 Å². The smallest absolute Gasteiger partial charge is 0.219 e. The predicted molar refractivity (Wildman–Crippen MR) is 137 cm³/mol. The van der Waals surface area contributed by atoms with E-state index in [0.29, 0.717) is 12.6 Å². The van der Waals surface area contributed by atoms with Crippen molar-refractivity contribution >= 4 is 39.5 Å². The lowest BCUT2D eigenvalue weighted by Crippen LogP contribution is -2.35. The number of hydrogen-bond acceptors (Lipinski definition) is 5. The molecule has 2 aliphatic rings. The summed E-state index contributed by atoms with van der Waals surface area (Å²) in [6, 6.07) is 8.76. The molecule has 0 spiro atoms. The first kappa shape index (κ1) is 21.7. The molecule has 9 heteroatoms. The van der Waals surface area contributed by atoms with Crippen LogP contribution in [0.15, 0.2) is 42.9 Å². The molecule has 4 aromatic rings. The molecule has 1 saturated heterocycles. The molecule has 0 bridgehead atoms. The quantitative estimate of drug-likeness (QED) is 0.342. The lowest BCUT2D eigenvalue weighted by molar-refractivity contribution is -0.129. The van der Waals surface area contributed by atoms with Crippen molar-refractivity contribution in [1.82, 2.24) is 27.7 Å². The molecule has 174 valence electrons. The lowest BCUT2D eigenvalue weighted by atomic mass is 9.96. The van der Waals surface area contributed by atoms with Crippen molar-refractivity contribution in [3.8, 4) is 22.5 Å². The zero-order valence-corrected chi connectivity index (χ0v) is 21.1. The maximum Gasteiger partial charge on any atom is 0.219 e. The van der Waals surface area contributed by atoms with E-state index in [4.69, 9.17) is 14.8 Å². The first-order valence-electron chi connectivity index (χ1n) is 11.6. The number of pyridine rings is 1. The minimum Gasteiger partial charge on any atom is -0.381 e. The number of carbonyl (C=O) groups excluding carboxylic acids is 1. The van der Waals surface area contributed by atoms with Crippen LogP contribution >= 0.6 is 22.9 Å². The Bertz CT molecular complexity index is 1390. The average Bonchev–Trinajstić information content (AvgIpc) is 3.47. The first-order valence-corrected chi connectivity index (χ1v) is 12.6. The SMILES string of the molecule is CC(=O)N1CCc2c(c(-c3cccc4cc(-c5cnn(I)c5)ncc34)nn2C2CCOCC2)C1. The molecular weight excluding hydrogens is 543 g/mol. The van der Waals surface area contributed by atoms with Gasteiger partial charge in [0, 0.05) is 79.8 Å². The van der Waals surface area contributed by atoms with Crippen LogP contribution < -0.4 is 0 Å². The Balaban J connectivity index is 1.49. The van der Waals surface area contributed by atoms with Gasteiger partial charge < -0.3 is 9.64 Å². The van der Waals surface area contributed by atoms with Crippen LogP contribution in [0.25, 0.3) is 33.3 Å². The number of halogens is 1. The van der Waals surface area contributed by atoms with Crippen molar-refractivity contribution in [1.29, 1.82) is 0 Å². The Labute approximate surface area is 211 Å². The number of nitrogens with zero attached hydrogens (tertiary/aromatic N) is 6. The van der Waals surface area contributed by atoms with E-state index in [0.717, 1.165) is 77.9 Å². The number of rotatable bonds is 3. The van der Waals surface area contributed by atoms with E-state index in [1.807, 2.05) is 23.5 Å². The van der Waals surface area contributed by atoms with Gasteiger partial charge >= 0.3 is 0 Å². The number of amides is 1. The molecule has 5 heterocycles. The normalized spacial score (nSPS) is 16.7. The molecule has 0 atom stereocenters. The van der Waals surface area contributed by atoms with Gasteiger partial charge in [-0.2, -0.15) is 10.2 Å². The van der Waals surface area contributed by atoms with Crippen molar-refractivity contribution in [2.45, 2.75) is 38.8 Å². The van der Waals surface area contributed by atoms with Crippen LogP contribution in [0.1, 0.15) is 37.1 Å². The van der Waals surface area contributed by atoms with Gasteiger partial charge in [-0.1, -0.05) is 18.2 Å². The van der Waals surface area contributed by atoms with Gasteiger partial charge in [-0.25, -0.2) is 2.90 Å². The van der Waals surface area contributed by atoms with E-state index in [9.17, 15) is 4.79 Å². The third kappa shape index (κ3) is 3.80. The molecule has 1 aromatic carbocycles. The fraction of sp³-hybridized carbons (Fsp3) is 0.360. The summed E-state index contributed by atoms with van der Waals surface area (Å²) >= 11 is 2.14. The third-order valence-electron chi connectivity index (χ3n) is 6.94. The van der Waals surface area contributed by atoms with Gasteiger partial charge in [-0.05, 0) is 24.3 Å². The van der Waals surface area contributed by atoms with E-state index in [-0.39, 0.29) is 5.91 Å². The molecule has 3 aromatic heterocycles. The Hall–Kier alpha value is -2.79. The van der Waals surface area contributed by atoms with E-state index >= 15 is 0 Å². The van der Waals surface area contributed by atoms with E-state index < -0.39 is 0 Å². The molecule has 2 aliphatic heterocycles. The molecule has 34 heavy (non-hydrogen) atoms. The standard InChI is InChI=1S/C25H25IN6O2/c1-16(33)30-8-5-24-22(15-30)25(29-32(24)19-6-9-34-10-7-19)20-4-2-3-17-11-23(27-13-21(17)20)18-12-28-31(26)14-18/h2-4,11-14,19H,5-10,15H2,1H3. The summed E-state index contributed by atoms with van der Waals surface area (Å²) in [6.07, 6.45) is 8.49. The Morgan fingerprint density at radius 2 is 2.06 bits per heavy atom. The molecular formula is C25H25IN6O2. The summed E-state index contributed by atoms with van der Waals surface area (Å²) in [5, 5.41) is 11.6. The average molecular weight is 568 g/mol. The molecule has 0 saturated carbocycles. The fourth-order valence-electron chi connectivity index (χ4n) is 5.13. The summed E-state index contributed by atoms with van der Waals surface area (Å²) in [7, 11) is 0. The highest BCUT2D eigenvalue weighted by Crippen LogP contribution is 2.37. The van der Waals surface area contributed by atoms with Gasteiger partial charge in [0.05, 0.1) is 46.5 Å². The third-order valence-corrected chi connectivity index (χ3v) is 7.46.